The van der Waals surface area contributed by atoms with E-state index in [1.54, 1.807) is 6.92 Å². The molecule has 0 aliphatic heterocycles. The number of ether oxygens (including phenoxy) is 1. The largest absolute Gasteiger partial charge is 0.513 e. The average molecular weight is 431 g/mol. The molecule has 26 heavy (non-hydrogen) atoms. The topological polar surface area (TPSA) is 54.0 Å². The predicted molar refractivity (Wildman–Crippen MR) is 118 cm³/mol. The van der Waals surface area contributed by atoms with Crippen molar-refractivity contribution in [2.75, 3.05) is 0 Å². The van der Waals surface area contributed by atoms with E-state index < -0.39 is 45.5 Å². The number of carbonyl (C=O) groups excluding carboxylic acids is 1. The number of esters is 1. The monoisotopic (exact) mass is 430 g/mol. The van der Waals surface area contributed by atoms with E-state index in [2.05, 4.69) is 26.3 Å². The van der Waals surface area contributed by atoms with Gasteiger partial charge in [-0.05, 0) is 46.2 Å². The zero-order valence-electron chi connectivity index (χ0n) is 17.3. The van der Waals surface area contributed by atoms with E-state index in [0.29, 0.717) is 0 Å². The summed E-state index contributed by atoms with van der Waals surface area (Å²) < 4.78 is 25.1. The molecule has 0 fully saturated rings. The Bertz CT molecular complexity index is 502. The van der Waals surface area contributed by atoms with Crippen LogP contribution < -0.4 is 0 Å². The molecule has 1 atom stereocenters. The molecule has 0 aromatic heterocycles. The van der Waals surface area contributed by atoms with E-state index in [9.17, 15) is 4.79 Å². The van der Waals surface area contributed by atoms with Gasteiger partial charge in [0.1, 0.15) is 0 Å². The van der Waals surface area contributed by atoms with Gasteiger partial charge in [0.15, 0.2) is 5.73 Å². The Morgan fingerprint density at radius 3 is 1.31 bits per heavy atom. The van der Waals surface area contributed by atoms with Crippen molar-refractivity contribution < 1.29 is 21.9 Å². The Balaban J connectivity index is 6.32. The summed E-state index contributed by atoms with van der Waals surface area (Å²) in [6.45, 7) is 28.9. The summed E-state index contributed by atoms with van der Waals surface area (Å²) in [7, 11) is -10.4. The quantitative estimate of drug-likeness (QED) is 0.260. The van der Waals surface area contributed by atoms with Crippen LogP contribution in [0.2, 0.25) is 39.3 Å². The van der Waals surface area contributed by atoms with Gasteiger partial charge in [-0.15, -0.1) is 19.7 Å². The van der Waals surface area contributed by atoms with Gasteiger partial charge in [-0.3, -0.25) is 0 Å². The number of carbonyl (C=O) groups is 1. The third-order valence-corrected chi connectivity index (χ3v) is 17.4. The maximum atomic E-state index is 11.9. The first-order chi connectivity index (χ1) is 11.7. The lowest BCUT2D eigenvalue weighted by Crippen LogP contribution is -2.67. The van der Waals surface area contributed by atoms with Crippen LogP contribution in [-0.4, -0.2) is 45.5 Å². The normalized spacial score (nSPS) is 14.3. The SMILES string of the molecule is C=CC(=O)OC(C)[Si](O[Si](C)(C)C=C)(O[Si](C)(C)C=C)O[Si](C)(C)C=C. The highest BCUT2D eigenvalue weighted by Crippen LogP contribution is 2.30. The number of hydrogen-bond acceptors (Lipinski definition) is 5. The molecular formula is C17H34O5Si4. The fraction of sp³-hybridized carbons (Fsp3) is 0.471. The highest BCUT2D eigenvalue weighted by atomic mass is 28.5. The Morgan fingerprint density at radius 2 is 1.08 bits per heavy atom. The van der Waals surface area contributed by atoms with Gasteiger partial charge in [-0.25, -0.2) is 4.79 Å². The van der Waals surface area contributed by atoms with Gasteiger partial charge < -0.3 is 17.1 Å². The van der Waals surface area contributed by atoms with Crippen LogP contribution in [-0.2, 0) is 21.9 Å². The van der Waals surface area contributed by atoms with Crippen molar-refractivity contribution in [3.05, 3.63) is 49.5 Å². The molecule has 9 heteroatoms. The molecule has 5 nitrogen and oxygen atoms in total. The molecule has 0 bridgehead atoms. The van der Waals surface area contributed by atoms with Crippen molar-refractivity contribution in [3.8, 4) is 0 Å². The first-order valence-electron chi connectivity index (χ1n) is 8.52. The van der Waals surface area contributed by atoms with Crippen molar-refractivity contribution >= 4 is 39.7 Å². The molecule has 0 saturated carbocycles. The third-order valence-electron chi connectivity index (χ3n) is 3.65. The number of rotatable bonds is 12. The second kappa shape index (κ2) is 9.40. The molecule has 1 unspecified atom stereocenters. The Labute approximate surface area is 163 Å². The van der Waals surface area contributed by atoms with Gasteiger partial charge in [-0.2, -0.15) is 0 Å². The molecule has 0 saturated heterocycles. The maximum absolute atomic E-state index is 11.9. The molecule has 148 valence electrons. The summed E-state index contributed by atoms with van der Waals surface area (Å²) in [6, 6.07) is 0. The molecular weight excluding hydrogens is 397 g/mol. The molecule has 0 aliphatic carbocycles. The highest BCUT2D eigenvalue weighted by Gasteiger charge is 2.57. The summed E-state index contributed by atoms with van der Waals surface area (Å²) in [5.74, 6) is -0.542. The molecule has 0 amide bonds. The summed E-state index contributed by atoms with van der Waals surface area (Å²) in [5.41, 5.74) is 4.75. The average Bonchev–Trinajstić information content (AvgIpc) is 2.53. The second-order valence-electron chi connectivity index (χ2n) is 7.62. The van der Waals surface area contributed by atoms with Gasteiger partial charge in [-0.1, -0.05) is 23.7 Å². The minimum absolute atomic E-state index is 0.542. The molecule has 0 heterocycles. The lowest BCUT2D eigenvalue weighted by Gasteiger charge is -2.45. The minimum atomic E-state index is -3.47. The third kappa shape index (κ3) is 7.82. The van der Waals surface area contributed by atoms with Crippen LogP contribution in [0.3, 0.4) is 0 Å². The van der Waals surface area contributed by atoms with Crippen LogP contribution >= 0.6 is 0 Å². The van der Waals surface area contributed by atoms with Crippen LogP contribution in [0.1, 0.15) is 6.92 Å². The maximum Gasteiger partial charge on any atom is 0.513 e. The van der Waals surface area contributed by atoms with Crippen molar-refractivity contribution in [2.24, 2.45) is 0 Å². The minimum Gasteiger partial charge on any atom is -0.455 e. The lowest BCUT2D eigenvalue weighted by molar-refractivity contribution is -0.140. The van der Waals surface area contributed by atoms with Gasteiger partial charge >= 0.3 is 14.8 Å². The van der Waals surface area contributed by atoms with Gasteiger partial charge in [0.05, 0.1) is 0 Å². The Kier molecular flexibility index (Phi) is 9.10. The molecule has 0 spiro atoms. The molecule has 0 rings (SSSR count). The fourth-order valence-electron chi connectivity index (χ4n) is 1.83. The zero-order chi connectivity index (χ0) is 20.8. The summed E-state index contributed by atoms with van der Waals surface area (Å²) in [6.07, 6.45) is 1.12. The number of hydrogen-bond donors (Lipinski definition) is 0. The van der Waals surface area contributed by atoms with Crippen LogP contribution in [0.15, 0.2) is 49.5 Å². The standard InChI is InChI=1S/C17H34O5Si4/c1-12-17(18)19-16(5)26(20-23(6,7)13-2,21-24(8,9)14-3)22-25(10,11)15-4/h12-16H,1-4H2,5-11H3. The van der Waals surface area contributed by atoms with E-state index in [-0.39, 0.29) is 0 Å². The van der Waals surface area contributed by atoms with Crippen LogP contribution in [0.4, 0.5) is 0 Å². The first kappa shape index (κ1) is 25.2. The van der Waals surface area contributed by atoms with Crippen LogP contribution in [0.5, 0.6) is 0 Å². The van der Waals surface area contributed by atoms with Crippen molar-refractivity contribution in [1.82, 2.24) is 0 Å². The molecule has 0 aromatic rings. The van der Waals surface area contributed by atoms with Gasteiger partial charge in [0.25, 0.3) is 0 Å². The Hall–Kier alpha value is -0.822. The molecule has 0 N–H and O–H groups in total. The van der Waals surface area contributed by atoms with Gasteiger partial charge in [0.2, 0.25) is 25.0 Å². The lowest BCUT2D eigenvalue weighted by atomic mass is 10.6. The highest BCUT2D eigenvalue weighted by molar-refractivity contribution is 6.94. The van der Waals surface area contributed by atoms with E-state index in [4.69, 9.17) is 17.1 Å². The first-order valence-corrected chi connectivity index (χ1v) is 19.3. The fourth-order valence-corrected chi connectivity index (χ4v) is 15.5. The van der Waals surface area contributed by atoms with Crippen LogP contribution in [0.25, 0.3) is 0 Å². The van der Waals surface area contributed by atoms with Crippen molar-refractivity contribution in [1.29, 1.82) is 0 Å². The zero-order valence-corrected chi connectivity index (χ0v) is 21.3. The molecule has 0 radical (unpaired) electrons. The van der Waals surface area contributed by atoms with Crippen molar-refractivity contribution in [2.45, 2.75) is 51.9 Å². The van der Waals surface area contributed by atoms with Crippen LogP contribution in [0, 0.1) is 0 Å². The molecule has 0 aliphatic rings. The smallest absolute Gasteiger partial charge is 0.455 e. The Morgan fingerprint density at radius 1 is 0.769 bits per heavy atom. The molecule has 0 aromatic carbocycles. The predicted octanol–water partition coefficient (Wildman–Crippen LogP) is 4.42. The van der Waals surface area contributed by atoms with Gasteiger partial charge in [0, 0.05) is 6.08 Å². The van der Waals surface area contributed by atoms with E-state index in [1.165, 1.54) is 0 Å². The second-order valence-corrected chi connectivity index (χ2v) is 22.9. The van der Waals surface area contributed by atoms with E-state index in [1.807, 2.05) is 56.4 Å². The van der Waals surface area contributed by atoms with E-state index >= 15 is 0 Å². The van der Waals surface area contributed by atoms with Crippen molar-refractivity contribution in [3.63, 3.8) is 0 Å². The summed E-state index contributed by atoms with van der Waals surface area (Å²) >= 11 is 0. The van der Waals surface area contributed by atoms with E-state index in [0.717, 1.165) is 6.08 Å². The summed E-state index contributed by atoms with van der Waals surface area (Å²) in [4.78, 5) is 11.9. The summed E-state index contributed by atoms with van der Waals surface area (Å²) in [5, 5.41) is 0.